The van der Waals surface area contributed by atoms with Crippen LogP contribution < -0.4 is 10.2 Å². The van der Waals surface area contributed by atoms with Crippen LogP contribution in [0.3, 0.4) is 0 Å². The molecule has 4 nitrogen and oxygen atoms in total. The minimum Gasteiger partial charge on any atom is -0.377 e. The molecule has 4 heteroatoms. The molecule has 0 aliphatic rings. The predicted octanol–water partition coefficient (Wildman–Crippen LogP) is 2.02. The Balaban J connectivity index is 2.63. The van der Waals surface area contributed by atoms with Gasteiger partial charge in [0, 0.05) is 52.9 Å². The highest BCUT2D eigenvalue weighted by Crippen LogP contribution is 2.20. The molecule has 0 aliphatic heterocycles. The number of benzene rings is 1. The van der Waals surface area contributed by atoms with E-state index < -0.39 is 0 Å². The fourth-order valence-electron chi connectivity index (χ4n) is 2.04. The first kappa shape index (κ1) is 16.5. The molecule has 1 rings (SSSR count). The molecular formula is C16H27N3O. The molecule has 1 unspecified atom stereocenters. The molecule has 112 valence electrons. The van der Waals surface area contributed by atoms with Crippen molar-refractivity contribution in [2.24, 2.45) is 0 Å². The first-order valence-electron chi connectivity index (χ1n) is 7.01. The fraction of sp³-hybridized carbons (Fsp3) is 0.562. The number of aryl methyl sites for hydroxylation is 1. The highest BCUT2D eigenvalue weighted by molar-refractivity contribution is 5.76. The Labute approximate surface area is 122 Å². The molecule has 0 aromatic heterocycles. The lowest BCUT2D eigenvalue weighted by molar-refractivity contribution is -0.129. The Hall–Kier alpha value is -1.55. The lowest BCUT2D eigenvalue weighted by Gasteiger charge is -2.21. The van der Waals surface area contributed by atoms with Gasteiger partial charge >= 0.3 is 0 Å². The number of anilines is 1. The smallest absolute Gasteiger partial charge is 0.223 e. The molecule has 1 aromatic carbocycles. The van der Waals surface area contributed by atoms with E-state index in [0.717, 1.165) is 6.54 Å². The largest absolute Gasteiger partial charge is 0.377 e. The van der Waals surface area contributed by atoms with E-state index in [1.54, 1.807) is 19.0 Å². The average Bonchev–Trinajstić information content (AvgIpc) is 2.36. The number of carbonyl (C=O) groups is 1. The molecule has 0 fully saturated rings. The maximum absolute atomic E-state index is 11.7. The summed E-state index contributed by atoms with van der Waals surface area (Å²) in [5, 5.41) is 3.43. The predicted molar refractivity (Wildman–Crippen MR) is 85.1 cm³/mol. The molecule has 0 bridgehead atoms. The molecule has 0 radical (unpaired) electrons. The maximum Gasteiger partial charge on any atom is 0.223 e. The van der Waals surface area contributed by atoms with Gasteiger partial charge in [-0.25, -0.2) is 0 Å². The van der Waals surface area contributed by atoms with Crippen LogP contribution in [-0.2, 0) is 11.3 Å². The summed E-state index contributed by atoms with van der Waals surface area (Å²) in [6, 6.07) is 6.63. The molecular weight excluding hydrogens is 250 g/mol. The molecule has 0 heterocycles. The summed E-state index contributed by atoms with van der Waals surface area (Å²) in [6.07, 6.45) is 0.524. The second-order valence-corrected chi connectivity index (χ2v) is 5.80. The zero-order valence-corrected chi connectivity index (χ0v) is 13.5. The van der Waals surface area contributed by atoms with Crippen LogP contribution in [0.2, 0.25) is 0 Å². The number of hydrogen-bond acceptors (Lipinski definition) is 3. The summed E-state index contributed by atoms with van der Waals surface area (Å²) >= 11 is 0. The van der Waals surface area contributed by atoms with Crippen LogP contribution in [-0.4, -0.2) is 45.0 Å². The molecule has 0 spiro atoms. The molecule has 20 heavy (non-hydrogen) atoms. The first-order valence-corrected chi connectivity index (χ1v) is 7.01. The van der Waals surface area contributed by atoms with E-state index in [-0.39, 0.29) is 11.9 Å². The zero-order chi connectivity index (χ0) is 15.3. The van der Waals surface area contributed by atoms with Gasteiger partial charge < -0.3 is 15.1 Å². The van der Waals surface area contributed by atoms with Gasteiger partial charge in [0.2, 0.25) is 5.91 Å². The zero-order valence-electron chi connectivity index (χ0n) is 13.5. The second-order valence-electron chi connectivity index (χ2n) is 5.80. The van der Waals surface area contributed by atoms with Gasteiger partial charge in [0.15, 0.2) is 0 Å². The van der Waals surface area contributed by atoms with Gasteiger partial charge in [-0.15, -0.1) is 0 Å². The SMILES string of the molecule is Cc1ccc(CNC(C)CC(=O)N(C)C)c(N(C)C)c1. The van der Waals surface area contributed by atoms with Crippen molar-refractivity contribution in [2.45, 2.75) is 32.9 Å². The van der Waals surface area contributed by atoms with E-state index in [2.05, 4.69) is 49.4 Å². The third-order valence-corrected chi connectivity index (χ3v) is 3.34. The van der Waals surface area contributed by atoms with Crippen molar-refractivity contribution in [1.82, 2.24) is 10.2 Å². The molecule has 1 atom stereocenters. The number of carbonyl (C=O) groups excluding carboxylic acids is 1. The van der Waals surface area contributed by atoms with Crippen molar-refractivity contribution in [1.29, 1.82) is 0 Å². The van der Waals surface area contributed by atoms with Crippen molar-refractivity contribution in [2.75, 3.05) is 33.1 Å². The molecule has 0 saturated carbocycles. The molecule has 1 aromatic rings. The van der Waals surface area contributed by atoms with Gasteiger partial charge in [0.25, 0.3) is 0 Å². The van der Waals surface area contributed by atoms with Gasteiger partial charge in [-0.05, 0) is 31.0 Å². The van der Waals surface area contributed by atoms with E-state index in [1.165, 1.54) is 16.8 Å². The lowest BCUT2D eigenvalue weighted by atomic mass is 10.1. The van der Waals surface area contributed by atoms with Crippen LogP contribution in [0.15, 0.2) is 18.2 Å². The maximum atomic E-state index is 11.7. The third-order valence-electron chi connectivity index (χ3n) is 3.34. The van der Waals surface area contributed by atoms with Crippen LogP contribution in [0.5, 0.6) is 0 Å². The third kappa shape index (κ3) is 4.85. The van der Waals surface area contributed by atoms with E-state index in [1.807, 2.05) is 6.92 Å². The number of amides is 1. The number of nitrogens with zero attached hydrogens (tertiary/aromatic N) is 2. The highest BCUT2D eigenvalue weighted by atomic mass is 16.2. The van der Waals surface area contributed by atoms with Crippen LogP contribution in [0.1, 0.15) is 24.5 Å². The van der Waals surface area contributed by atoms with Gasteiger partial charge in [-0.3, -0.25) is 4.79 Å². The van der Waals surface area contributed by atoms with Gasteiger partial charge in [-0.1, -0.05) is 12.1 Å². The van der Waals surface area contributed by atoms with Gasteiger partial charge in [0.05, 0.1) is 0 Å². The molecule has 1 amide bonds. The van der Waals surface area contributed by atoms with Crippen LogP contribution in [0.4, 0.5) is 5.69 Å². The Morgan fingerprint density at radius 3 is 2.45 bits per heavy atom. The quantitative estimate of drug-likeness (QED) is 0.864. The van der Waals surface area contributed by atoms with E-state index in [4.69, 9.17) is 0 Å². The highest BCUT2D eigenvalue weighted by Gasteiger charge is 2.11. The summed E-state index contributed by atoms with van der Waals surface area (Å²) in [7, 11) is 7.69. The van der Waals surface area contributed by atoms with Crippen LogP contribution in [0.25, 0.3) is 0 Å². The van der Waals surface area contributed by atoms with Gasteiger partial charge in [-0.2, -0.15) is 0 Å². The molecule has 0 aliphatic carbocycles. The second kappa shape index (κ2) is 7.29. The summed E-state index contributed by atoms with van der Waals surface area (Å²) in [4.78, 5) is 15.4. The number of hydrogen-bond donors (Lipinski definition) is 1. The van der Waals surface area contributed by atoms with Crippen LogP contribution in [0, 0.1) is 6.92 Å². The summed E-state index contributed by atoms with van der Waals surface area (Å²) < 4.78 is 0. The number of rotatable bonds is 6. The van der Waals surface area contributed by atoms with Crippen LogP contribution >= 0.6 is 0 Å². The van der Waals surface area contributed by atoms with E-state index in [0.29, 0.717) is 6.42 Å². The average molecular weight is 277 g/mol. The standard InChI is InChI=1S/C16H27N3O/c1-12-7-8-14(15(9-12)18(3)4)11-17-13(2)10-16(20)19(5)6/h7-9,13,17H,10-11H2,1-6H3. The summed E-state index contributed by atoms with van der Waals surface area (Å²) in [5.41, 5.74) is 3.74. The van der Waals surface area contributed by atoms with Crippen molar-refractivity contribution in [3.63, 3.8) is 0 Å². The van der Waals surface area contributed by atoms with Crippen molar-refractivity contribution >= 4 is 11.6 Å². The van der Waals surface area contributed by atoms with Crippen molar-refractivity contribution < 1.29 is 4.79 Å². The topological polar surface area (TPSA) is 35.6 Å². The first-order chi connectivity index (χ1) is 9.31. The van der Waals surface area contributed by atoms with Crippen molar-refractivity contribution in [3.8, 4) is 0 Å². The summed E-state index contributed by atoms with van der Waals surface area (Å²) in [6.45, 7) is 4.92. The lowest BCUT2D eigenvalue weighted by Crippen LogP contribution is -2.33. The van der Waals surface area contributed by atoms with E-state index >= 15 is 0 Å². The van der Waals surface area contributed by atoms with E-state index in [9.17, 15) is 4.79 Å². The summed E-state index contributed by atoms with van der Waals surface area (Å²) in [5.74, 6) is 0.154. The minimum atomic E-state index is 0.154. The monoisotopic (exact) mass is 277 g/mol. The Bertz CT molecular complexity index is 455. The van der Waals surface area contributed by atoms with Crippen molar-refractivity contribution in [3.05, 3.63) is 29.3 Å². The number of nitrogens with one attached hydrogen (secondary N) is 1. The normalized spacial score (nSPS) is 12.1. The Morgan fingerprint density at radius 2 is 1.90 bits per heavy atom. The molecule has 0 saturated heterocycles. The minimum absolute atomic E-state index is 0.154. The molecule has 1 N–H and O–H groups in total. The Kier molecular flexibility index (Phi) is 6.02. The fourth-order valence-corrected chi connectivity index (χ4v) is 2.04. The van der Waals surface area contributed by atoms with Gasteiger partial charge in [0.1, 0.15) is 0 Å². The Morgan fingerprint density at radius 1 is 1.25 bits per heavy atom.